The third-order valence-corrected chi connectivity index (χ3v) is 12.5. The predicted octanol–water partition coefficient (Wildman–Crippen LogP) is 6.63. The van der Waals surface area contributed by atoms with Crippen molar-refractivity contribution in [1.29, 1.82) is 0 Å². The lowest BCUT2D eigenvalue weighted by atomic mass is 10.3. The van der Waals surface area contributed by atoms with E-state index in [1.165, 1.54) is 18.4 Å². The van der Waals surface area contributed by atoms with Gasteiger partial charge in [-0.2, -0.15) is 0 Å². The molecule has 0 unspecified atom stereocenters. The molecule has 0 aliphatic heterocycles. The molecule has 3 nitrogen and oxygen atoms in total. The van der Waals surface area contributed by atoms with Gasteiger partial charge in [0, 0.05) is 30.1 Å². The quantitative estimate of drug-likeness (QED) is 0.192. The molecule has 2 aromatic carbocycles. The van der Waals surface area contributed by atoms with Crippen molar-refractivity contribution in [3.05, 3.63) is 102 Å². The third-order valence-electron chi connectivity index (χ3n) is 5.23. The molecule has 0 aliphatic rings. The van der Waals surface area contributed by atoms with Crippen molar-refractivity contribution >= 4 is 62.3 Å². The number of thiophene rings is 3. The van der Waals surface area contributed by atoms with Gasteiger partial charge in [-0.15, -0.1) is 34.0 Å². The maximum Gasteiger partial charge on any atom is 0.348 e. The molecule has 7 heteroatoms. The van der Waals surface area contributed by atoms with Crippen molar-refractivity contribution in [3.63, 3.8) is 0 Å². The molecular weight excluding hydrogens is 487 g/mol. The van der Waals surface area contributed by atoms with Gasteiger partial charge in [0.05, 0.1) is 11.7 Å². The Morgan fingerprint density at radius 3 is 1.70 bits per heavy atom. The summed E-state index contributed by atoms with van der Waals surface area (Å²) in [6, 6.07) is 31.4. The van der Waals surface area contributed by atoms with Gasteiger partial charge >= 0.3 is 5.97 Å². The molecule has 5 rings (SSSR count). The van der Waals surface area contributed by atoms with Crippen LogP contribution >= 0.6 is 41.2 Å². The van der Waals surface area contributed by atoms with E-state index < -0.39 is 7.14 Å². The molecule has 0 saturated carbocycles. The number of hydrogen-bond acceptors (Lipinski definition) is 6. The lowest BCUT2D eigenvalue weighted by Gasteiger charge is -2.17. The van der Waals surface area contributed by atoms with Crippen LogP contribution in [0.5, 0.6) is 0 Å². The fourth-order valence-electron chi connectivity index (χ4n) is 3.59. The second-order valence-electron chi connectivity index (χ2n) is 7.24. The first-order valence-electron chi connectivity index (χ1n) is 10.2. The highest BCUT2D eigenvalue weighted by molar-refractivity contribution is 7.89. The molecule has 0 radical (unpaired) electrons. The van der Waals surface area contributed by atoms with Crippen LogP contribution in [-0.2, 0) is 9.30 Å². The smallest absolute Gasteiger partial charge is 0.348 e. The Labute approximate surface area is 204 Å². The van der Waals surface area contributed by atoms with Crippen molar-refractivity contribution in [2.24, 2.45) is 0 Å². The summed E-state index contributed by atoms with van der Waals surface area (Å²) in [6.07, 6.45) is 0. The summed E-state index contributed by atoms with van der Waals surface area (Å²) >= 11 is 4.67. The van der Waals surface area contributed by atoms with Gasteiger partial charge < -0.3 is 9.30 Å². The fraction of sp³-hybridized carbons (Fsp3) is 0.0385. The second kappa shape index (κ2) is 9.24. The maximum atomic E-state index is 14.6. The average molecular weight is 507 g/mol. The molecule has 0 bridgehead atoms. The number of methoxy groups -OCH3 is 1. The number of esters is 1. The lowest BCUT2D eigenvalue weighted by Crippen LogP contribution is -2.22. The normalized spacial score (nSPS) is 11.4. The SMILES string of the molecule is COC(=O)c1ccc(-c2ccc(-c3ccc(P(=O)(c4ccccc4)c4ccccc4)s3)s2)s1. The van der Waals surface area contributed by atoms with Crippen LogP contribution in [0.15, 0.2) is 97.1 Å². The summed E-state index contributed by atoms with van der Waals surface area (Å²) < 4.78 is 20.2. The zero-order valence-corrected chi connectivity index (χ0v) is 21.0. The summed E-state index contributed by atoms with van der Waals surface area (Å²) in [7, 11) is -1.57. The molecule has 0 N–H and O–H groups in total. The first-order chi connectivity index (χ1) is 16.1. The van der Waals surface area contributed by atoms with Gasteiger partial charge in [0.15, 0.2) is 7.14 Å². The fourth-order valence-corrected chi connectivity index (χ4v) is 10.2. The van der Waals surface area contributed by atoms with E-state index in [9.17, 15) is 9.36 Å². The summed E-state index contributed by atoms with van der Waals surface area (Å²) in [5.74, 6) is -0.316. The number of benzene rings is 2. The number of hydrogen-bond donors (Lipinski definition) is 0. The van der Waals surface area contributed by atoms with Crippen LogP contribution in [0, 0.1) is 0 Å². The van der Waals surface area contributed by atoms with E-state index in [0.717, 1.165) is 34.7 Å². The van der Waals surface area contributed by atoms with Gasteiger partial charge in [-0.3, -0.25) is 0 Å². The van der Waals surface area contributed by atoms with Gasteiger partial charge in [0.1, 0.15) is 4.88 Å². The maximum absolute atomic E-state index is 14.6. The van der Waals surface area contributed by atoms with Crippen LogP contribution in [0.1, 0.15) is 9.67 Å². The Kier molecular flexibility index (Phi) is 6.17. The zero-order chi connectivity index (χ0) is 22.8. The van der Waals surface area contributed by atoms with Crippen LogP contribution in [-0.4, -0.2) is 13.1 Å². The molecule has 0 aliphatic carbocycles. The van der Waals surface area contributed by atoms with E-state index in [-0.39, 0.29) is 5.97 Å². The monoisotopic (exact) mass is 506 g/mol. The molecule has 3 heterocycles. The van der Waals surface area contributed by atoms with E-state index in [2.05, 4.69) is 18.2 Å². The highest BCUT2D eigenvalue weighted by atomic mass is 32.1. The van der Waals surface area contributed by atoms with Gasteiger partial charge in [0.2, 0.25) is 0 Å². The van der Waals surface area contributed by atoms with Crippen molar-refractivity contribution in [2.45, 2.75) is 0 Å². The second-order valence-corrected chi connectivity index (χ2v) is 13.5. The minimum Gasteiger partial charge on any atom is -0.465 e. The summed E-state index contributed by atoms with van der Waals surface area (Å²) in [6.45, 7) is 0. The zero-order valence-electron chi connectivity index (χ0n) is 17.6. The Morgan fingerprint density at radius 1 is 0.636 bits per heavy atom. The standard InChI is InChI=1S/C26H19O3PS3/c1-29-26(27)24-15-14-21(32-24)20-12-13-22(31-20)23-16-17-25(33-23)30(28,18-8-4-2-5-9-18)19-10-6-3-7-11-19/h2-17H,1H3. The Hall–Kier alpha value is -2.76. The number of carbonyl (C=O) groups is 1. The van der Waals surface area contributed by atoms with Gasteiger partial charge in [-0.1, -0.05) is 60.7 Å². The molecule has 5 aromatic rings. The molecule has 0 atom stereocenters. The Morgan fingerprint density at radius 2 is 1.12 bits per heavy atom. The lowest BCUT2D eigenvalue weighted by molar-refractivity contribution is 0.0606. The largest absolute Gasteiger partial charge is 0.465 e. The van der Waals surface area contributed by atoms with Crippen LogP contribution in [0.4, 0.5) is 0 Å². The van der Waals surface area contributed by atoms with Gasteiger partial charge in [-0.05, 0) is 36.4 Å². The molecule has 0 saturated heterocycles. The molecule has 3 aromatic heterocycles. The molecule has 164 valence electrons. The number of carbonyl (C=O) groups excluding carboxylic acids is 1. The van der Waals surface area contributed by atoms with Gasteiger partial charge in [-0.25, -0.2) is 4.79 Å². The first-order valence-corrected chi connectivity index (χ1v) is 14.4. The number of rotatable bonds is 6. The highest BCUT2D eigenvalue weighted by Crippen LogP contribution is 2.47. The van der Waals surface area contributed by atoms with Crippen molar-refractivity contribution in [3.8, 4) is 19.5 Å². The predicted molar refractivity (Wildman–Crippen MR) is 142 cm³/mol. The minimum absolute atomic E-state index is 0.316. The van der Waals surface area contributed by atoms with Crippen molar-refractivity contribution in [1.82, 2.24) is 0 Å². The third kappa shape index (κ3) is 4.16. The summed E-state index contributed by atoms with van der Waals surface area (Å²) in [5, 5.41) is 1.68. The van der Waals surface area contributed by atoms with Crippen LogP contribution in [0.2, 0.25) is 0 Å². The minimum atomic E-state index is -2.96. The van der Waals surface area contributed by atoms with Crippen LogP contribution in [0.25, 0.3) is 19.5 Å². The summed E-state index contributed by atoms with van der Waals surface area (Å²) in [5.41, 5.74) is 0. The Balaban J connectivity index is 1.52. The van der Waals surface area contributed by atoms with E-state index >= 15 is 0 Å². The highest BCUT2D eigenvalue weighted by Gasteiger charge is 2.31. The molecule has 33 heavy (non-hydrogen) atoms. The topological polar surface area (TPSA) is 43.4 Å². The first kappa shape index (κ1) is 22.1. The van der Waals surface area contributed by atoms with Crippen LogP contribution in [0.3, 0.4) is 0 Å². The van der Waals surface area contributed by atoms with E-state index in [4.69, 9.17) is 4.74 Å². The molecule has 0 amide bonds. The van der Waals surface area contributed by atoms with Crippen molar-refractivity contribution in [2.75, 3.05) is 7.11 Å². The van der Waals surface area contributed by atoms with E-state index in [1.54, 1.807) is 28.7 Å². The van der Waals surface area contributed by atoms with Gasteiger partial charge in [0.25, 0.3) is 0 Å². The summed E-state index contributed by atoms with van der Waals surface area (Å²) in [4.78, 5) is 16.7. The number of ether oxygens (including phenoxy) is 1. The molecule has 0 spiro atoms. The van der Waals surface area contributed by atoms with Crippen molar-refractivity contribution < 1.29 is 14.1 Å². The Bertz CT molecular complexity index is 1400. The average Bonchev–Trinajstić information content (AvgIpc) is 3.64. The molecular formula is C26H19O3PS3. The molecule has 0 fully saturated rings. The van der Waals surface area contributed by atoms with E-state index in [1.807, 2.05) is 72.8 Å². The van der Waals surface area contributed by atoms with Crippen LogP contribution < -0.4 is 15.2 Å². The van der Waals surface area contributed by atoms with E-state index in [0.29, 0.717) is 4.88 Å².